The number of hydrogen-bond donors (Lipinski definition) is 1. The lowest BCUT2D eigenvalue weighted by Gasteiger charge is -2.10. The standard InChI is InChI=1S/C21H22N6O/c1-2-3-13-27-15-23-18-19(27)25-21(24-17-7-5-4-6-8-17)26-20(18)28-14-16-9-11-22-12-10-16/h4-12,15H,2-3,13-14H2,1H3,(H,24,25,26). The van der Waals surface area contributed by atoms with Gasteiger partial charge in [0.05, 0.1) is 6.33 Å². The smallest absolute Gasteiger partial charge is 0.247 e. The van der Waals surface area contributed by atoms with E-state index in [1.807, 2.05) is 42.5 Å². The molecule has 4 rings (SSSR count). The molecule has 4 aromatic rings. The molecule has 142 valence electrons. The third-order valence-electron chi connectivity index (χ3n) is 4.34. The molecule has 0 unspecified atom stereocenters. The van der Waals surface area contributed by atoms with E-state index in [4.69, 9.17) is 4.74 Å². The minimum atomic E-state index is 0.390. The highest BCUT2D eigenvalue weighted by molar-refractivity contribution is 5.78. The minimum Gasteiger partial charge on any atom is -0.471 e. The molecule has 0 fully saturated rings. The third kappa shape index (κ3) is 4.09. The first-order chi connectivity index (χ1) is 13.8. The van der Waals surface area contributed by atoms with Crippen LogP contribution in [0, 0.1) is 0 Å². The van der Waals surface area contributed by atoms with E-state index in [-0.39, 0.29) is 0 Å². The number of para-hydroxylation sites is 1. The van der Waals surface area contributed by atoms with Crippen LogP contribution in [0.3, 0.4) is 0 Å². The number of pyridine rings is 1. The summed E-state index contributed by atoms with van der Waals surface area (Å²) in [5, 5.41) is 3.25. The largest absolute Gasteiger partial charge is 0.471 e. The van der Waals surface area contributed by atoms with Crippen LogP contribution in [0.15, 0.2) is 61.2 Å². The Bertz CT molecular complexity index is 1030. The maximum absolute atomic E-state index is 6.01. The number of unbranched alkanes of at least 4 members (excludes halogenated alkanes) is 1. The number of nitrogens with zero attached hydrogens (tertiary/aromatic N) is 5. The van der Waals surface area contributed by atoms with Gasteiger partial charge in [0.25, 0.3) is 0 Å². The lowest BCUT2D eigenvalue weighted by atomic mass is 10.3. The number of ether oxygens (including phenoxy) is 1. The molecule has 0 aliphatic rings. The number of fused-ring (bicyclic) bond motifs is 1. The quantitative estimate of drug-likeness (QED) is 0.494. The van der Waals surface area contributed by atoms with Crippen molar-refractivity contribution in [2.75, 3.05) is 5.32 Å². The monoisotopic (exact) mass is 374 g/mol. The van der Waals surface area contributed by atoms with Crippen LogP contribution in [0.4, 0.5) is 11.6 Å². The number of nitrogens with one attached hydrogen (secondary N) is 1. The van der Waals surface area contributed by atoms with Gasteiger partial charge in [0.15, 0.2) is 11.2 Å². The number of rotatable bonds is 8. The second-order valence-corrected chi connectivity index (χ2v) is 6.45. The zero-order chi connectivity index (χ0) is 19.2. The third-order valence-corrected chi connectivity index (χ3v) is 4.34. The van der Waals surface area contributed by atoms with Gasteiger partial charge < -0.3 is 14.6 Å². The molecule has 0 bridgehead atoms. The summed E-state index contributed by atoms with van der Waals surface area (Å²) in [6.07, 6.45) is 7.46. The molecular weight excluding hydrogens is 352 g/mol. The van der Waals surface area contributed by atoms with E-state index in [2.05, 4.69) is 36.7 Å². The molecule has 0 radical (unpaired) electrons. The van der Waals surface area contributed by atoms with Gasteiger partial charge in [-0.2, -0.15) is 9.97 Å². The topological polar surface area (TPSA) is 77.8 Å². The summed E-state index contributed by atoms with van der Waals surface area (Å²) < 4.78 is 8.06. The lowest BCUT2D eigenvalue weighted by molar-refractivity contribution is 0.297. The highest BCUT2D eigenvalue weighted by Crippen LogP contribution is 2.25. The second kappa shape index (κ2) is 8.47. The van der Waals surface area contributed by atoms with Crippen molar-refractivity contribution < 1.29 is 4.74 Å². The van der Waals surface area contributed by atoms with E-state index < -0.39 is 0 Å². The summed E-state index contributed by atoms with van der Waals surface area (Å²) in [5.74, 6) is 0.956. The molecular formula is C21H22N6O. The molecule has 0 saturated carbocycles. The SMILES string of the molecule is CCCCn1cnc2c(OCc3ccncc3)nc(Nc3ccccc3)nc21. The van der Waals surface area contributed by atoms with Crippen LogP contribution in [-0.2, 0) is 13.2 Å². The van der Waals surface area contributed by atoms with E-state index in [9.17, 15) is 0 Å². The average Bonchev–Trinajstić information content (AvgIpc) is 3.15. The molecule has 7 heteroatoms. The molecule has 1 aromatic carbocycles. The predicted octanol–water partition coefficient (Wildman–Crippen LogP) is 4.34. The molecule has 0 spiro atoms. The number of imidazole rings is 1. The van der Waals surface area contributed by atoms with Gasteiger partial charge in [-0.3, -0.25) is 4.98 Å². The Kier molecular flexibility index (Phi) is 5.42. The van der Waals surface area contributed by atoms with E-state index in [1.54, 1.807) is 18.7 Å². The van der Waals surface area contributed by atoms with Crippen molar-refractivity contribution in [1.29, 1.82) is 0 Å². The Labute approximate surface area is 163 Å². The lowest BCUT2D eigenvalue weighted by Crippen LogP contribution is -2.05. The van der Waals surface area contributed by atoms with Crippen LogP contribution in [-0.4, -0.2) is 24.5 Å². The summed E-state index contributed by atoms with van der Waals surface area (Å²) in [7, 11) is 0. The second-order valence-electron chi connectivity index (χ2n) is 6.45. The molecule has 3 aromatic heterocycles. The fourth-order valence-corrected chi connectivity index (χ4v) is 2.85. The number of anilines is 2. The molecule has 1 N–H and O–H groups in total. The Hall–Kier alpha value is -3.48. The first kappa shape index (κ1) is 17.9. The fraction of sp³-hybridized carbons (Fsp3) is 0.238. The van der Waals surface area contributed by atoms with Crippen LogP contribution < -0.4 is 10.1 Å². The zero-order valence-electron chi connectivity index (χ0n) is 15.7. The molecule has 3 heterocycles. The van der Waals surface area contributed by atoms with Crippen molar-refractivity contribution in [3.05, 3.63) is 66.7 Å². The summed E-state index contributed by atoms with van der Waals surface area (Å²) in [6.45, 7) is 3.42. The van der Waals surface area contributed by atoms with Crippen molar-refractivity contribution in [2.24, 2.45) is 0 Å². The zero-order valence-corrected chi connectivity index (χ0v) is 15.7. The van der Waals surface area contributed by atoms with Gasteiger partial charge in [-0.1, -0.05) is 31.5 Å². The normalized spacial score (nSPS) is 10.9. The summed E-state index contributed by atoms with van der Waals surface area (Å²) in [6, 6.07) is 13.7. The molecule has 0 saturated heterocycles. The molecule has 0 aliphatic heterocycles. The van der Waals surface area contributed by atoms with E-state index >= 15 is 0 Å². The van der Waals surface area contributed by atoms with Gasteiger partial charge in [0.1, 0.15) is 6.61 Å². The highest BCUT2D eigenvalue weighted by atomic mass is 16.5. The Morgan fingerprint density at radius 3 is 2.64 bits per heavy atom. The Morgan fingerprint density at radius 1 is 1.04 bits per heavy atom. The maximum atomic E-state index is 6.01. The van der Waals surface area contributed by atoms with Gasteiger partial charge in [0.2, 0.25) is 11.8 Å². The van der Waals surface area contributed by atoms with Gasteiger partial charge in [0, 0.05) is 24.6 Å². The molecule has 28 heavy (non-hydrogen) atoms. The molecule has 0 atom stereocenters. The van der Waals surface area contributed by atoms with Crippen molar-refractivity contribution in [1.82, 2.24) is 24.5 Å². The number of aromatic nitrogens is 5. The minimum absolute atomic E-state index is 0.390. The summed E-state index contributed by atoms with van der Waals surface area (Å²) in [4.78, 5) is 17.8. The highest BCUT2D eigenvalue weighted by Gasteiger charge is 2.15. The summed E-state index contributed by atoms with van der Waals surface area (Å²) in [5.41, 5.74) is 3.38. The van der Waals surface area contributed by atoms with Crippen LogP contribution in [0.5, 0.6) is 5.88 Å². The number of aryl methyl sites for hydroxylation is 1. The van der Waals surface area contributed by atoms with E-state index in [0.29, 0.717) is 24.0 Å². The van der Waals surface area contributed by atoms with Gasteiger partial charge in [-0.25, -0.2) is 4.98 Å². The van der Waals surface area contributed by atoms with Crippen molar-refractivity contribution in [3.8, 4) is 5.88 Å². The van der Waals surface area contributed by atoms with Crippen LogP contribution >= 0.6 is 0 Å². The van der Waals surface area contributed by atoms with Crippen molar-refractivity contribution >= 4 is 22.8 Å². The van der Waals surface area contributed by atoms with Crippen molar-refractivity contribution in [2.45, 2.75) is 32.9 Å². The van der Waals surface area contributed by atoms with Gasteiger partial charge in [-0.05, 0) is 36.2 Å². The first-order valence-electron chi connectivity index (χ1n) is 9.40. The first-order valence-corrected chi connectivity index (χ1v) is 9.40. The van der Waals surface area contributed by atoms with Crippen LogP contribution in [0.1, 0.15) is 25.3 Å². The van der Waals surface area contributed by atoms with Gasteiger partial charge >= 0.3 is 0 Å². The van der Waals surface area contributed by atoms with E-state index in [1.165, 1.54) is 0 Å². The number of hydrogen-bond acceptors (Lipinski definition) is 6. The Balaban J connectivity index is 1.67. The van der Waals surface area contributed by atoms with E-state index in [0.717, 1.165) is 36.3 Å². The summed E-state index contributed by atoms with van der Waals surface area (Å²) >= 11 is 0. The van der Waals surface area contributed by atoms with Crippen LogP contribution in [0.25, 0.3) is 11.2 Å². The van der Waals surface area contributed by atoms with Crippen LogP contribution in [0.2, 0.25) is 0 Å². The van der Waals surface area contributed by atoms with Gasteiger partial charge in [-0.15, -0.1) is 0 Å². The fourth-order valence-electron chi connectivity index (χ4n) is 2.85. The number of benzene rings is 1. The predicted molar refractivity (Wildman–Crippen MR) is 109 cm³/mol. The molecule has 7 nitrogen and oxygen atoms in total. The maximum Gasteiger partial charge on any atom is 0.247 e. The average molecular weight is 374 g/mol. The molecule has 0 amide bonds. The Morgan fingerprint density at radius 2 is 1.86 bits per heavy atom. The molecule has 0 aliphatic carbocycles. The van der Waals surface area contributed by atoms with Crippen molar-refractivity contribution in [3.63, 3.8) is 0 Å².